The van der Waals surface area contributed by atoms with E-state index in [1.165, 1.54) is 0 Å². The molecule has 0 bridgehead atoms. The lowest BCUT2D eigenvalue weighted by Gasteiger charge is -2.34. The van der Waals surface area contributed by atoms with Gasteiger partial charge in [-0.05, 0) is 43.2 Å². The van der Waals surface area contributed by atoms with E-state index >= 15 is 0 Å². The maximum atomic E-state index is 12.8. The molecular formula is C22H26N2O3. The van der Waals surface area contributed by atoms with Crippen LogP contribution in [0.3, 0.4) is 0 Å². The summed E-state index contributed by atoms with van der Waals surface area (Å²) in [4.78, 5) is 26.9. The Morgan fingerprint density at radius 3 is 2.56 bits per heavy atom. The van der Waals surface area contributed by atoms with Gasteiger partial charge in [0.1, 0.15) is 5.75 Å². The van der Waals surface area contributed by atoms with Crippen molar-refractivity contribution in [2.45, 2.75) is 47.3 Å². The van der Waals surface area contributed by atoms with Gasteiger partial charge in [-0.15, -0.1) is 0 Å². The molecule has 5 nitrogen and oxygen atoms in total. The van der Waals surface area contributed by atoms with Crippen molar-refractivity contribution in [1.29, 1.82) is 0 Å². The Balaban J connectivity index is 1.96. The van der Waals surface area contributed by atoms with Crippen LogP contribution in [-0.2, 0) is 16.1 Å². The molecule has 1 aliphatic heterocycles. The fourth-order valence-electron chi connectivity index (χ4n) is 2.92. The van der Waals surface area contributed by atoms with Crippen LogP contribution in [0.15, 0.2) is 42.5 Å². The fourth-order valence-corrected chi connectivity index (χ4v) is 2.92. The van der Waals surface area contributed by atoms with E-state index in [1.807, 2.05) is 52.0 Å². The van der Waals surface area contributed by atoms with Crippen LogP contribution >= 0.6 is 0 Å². The number of rotatable bonds is 3. The summed E-state index contributed by atoms with van der Waals surface area (Å²) >= 11 is 0. The molecule has 5 heteroatoms. The van der Waals surface area contributed by atoms with Gasteiger partial charge in [-0.2, -0.15) is 0 Å². The first-order valence-corrected chi connectivity index (χ1v) is 9.15. The normalized spacial score (nSPS) is 16.6. The van der Waals surface area contributed by atoms with E-state index in [0.29, 0.717) is 23.7 Å². The average molecular weight is 366 g/mol. The van der Waals surface area contributed by atoms with Crippen LogP contribution in [0.5, 0.6) is 5.75 Å². The topological polar surface area (TPSA) is 58.6 Å². The van der Waals surface area contributed by atoms with E-state index in [-0.39, 0.29) is 11.8 Å². The van der Waals surface area contributed by atoms with Gasteiger partial charge in [-0.25, -0.2) is 0 Å². The van der Waals surface area contributed by atoms with E-state index in [1.54, 1.807) is 30.0 Å². The van der Waals surface area contributed by atoms with Gasteiger partial charge in [0.2, 0.25) is 5.91 Å². The standard InChI is InChI=1S/C22H26N2O3/c1-14-8-6-7-9-16(14)13-24-18-12-17(23-21(26)22(3,4)5)10-11-19(18)27-15(2)20(24)25/h6-12,15H,13H2,1-5H3,(H,23,26). The van der Waals surface area contributed by atoms with Gasteiger partial charge in [0.05, 0.1) is 12.2 Å². The molecule has 0 aromatic heterocycles. The minimum Gasteiger partial charge on any atom is -0.479 e. The van der Waals surface area contributed by atoms with Crippen molar-refractivity contribution in [3.8, 4) is 5.75 Å². The number of hydrogen-bond donors (Lipinski definition) is 1. The summed E-state index contributed by atoms with van der Waals surface area (Å²) in [6.45, 7) is 9.83. The molecule has 0 saturated heterocycles. The summed E-state index contributed by atoms with van der Waals surface area (Å²) < 4.78 is 5.77. The quantitative estimate of drug-likeness (QED) is 0.881. The molecule has 2 aromatic carbocycles. The van der Waals surface area contributed by atoms with E-state index in [4.69, 9.17) is 4.74 Å². The maximum Gasteiger partial charge on any atom is 0.268 e. The SMILES string of the molecule is Cc1ccccc1CN1C(=O)C(C)Oc2ccc(NC(=O)C(C)(C)C)cc21. The lowest BCUT2D eigenvalue weighted by molar-refractivity contribution is -0.125. The highest BCUT2D eigenvalue weighted by Crippen LogP contribution is 2.37. The third kappa shape index (κ3) is 3.97. The predicted octanol–water partition coefficient (Wildman–Crippen LogP) is 4.29. The van der Waals surface area contributed by atoms with Crippen molar-refractivity contribution >= 4 is 23.2 Å². The number of aryl methyl sites for hydroxylation is 1. The van der Waals surface area contributed by atoms with Crippen LogP contribution < -0.4 is 15.0 Å². The van der Waals surface area contributed by atoms with Crippen molar-refractivity contribution in [3.05, 3.63) is 53.6 Å². The molecule has 142 valence electrons. The molecule has 3 rings (SSSR count). The highest BCUT2D eigenvalue weighted by atomic mass is 16.5. The monoisotopic (exact) mass is 366 g/mol. The minimum absolute atomic E-state index is 0.0793. The van der Waals surface area contributed by atoms with Gasteiger partial charge in [0, 0.05) is 11.1 Å². The van der Waals surface area contributed by atoms with Crippen LogP contribution in [-0.4, -0.2) is 17.9 Å². The summed E-state index contributed by atoms with van der Waals surface area (Å²) in [6, 6.07) is 13.4. The van der Waals surface area contributed by atoms with E-state index < -0.39 is 11.5 Å². The molecule has 1 unspecified atom stereocenters. The molecule has 2 aromatic rings. The number of ether oxygens (including phenoxy) is 1. The van der Waals surface area contributed by atoms with Gasteiger partial charge >= 0.3 is 0 Å². The summed E-state index contributed by atoms with van der Waals surface area (Å²) in [5, 5.41) is 2.92. The minimum atomic E-state index is -0.545. The van der Waals surface area contributed by atoms with Gasteiger partial charge in [-0.1, -0.05) is 45.0 Å². The molecule has 1 atom stereocenters. The molecule has 1 aliphatic rings. The van der Waals surface area contributed by atoms with Crippen LogP contribution in [0.1, 0.15) is 38.8 Å². The number of anilines is 2. The van der Waals surface area contributed by atoms with E-state index in [9.17, 15) is 9.59 Å². The first-order valence-electron chi connectivity index (χ1n) is 9.15. The molecule has 1 heterocycles. The molecule has 1 N–H and O–H groups in total. The number of nitrogens with zero attached hydrogens (tertiary/aromatic N) is 1. The van der Waals surface area contributed by atoms with Crippen LogP contribution in [0.4, 0.5) is 11.4 Å². The number of carbonyl (C=O) groups is 2. The summed E-state index contributed by atoms with van der Waals surface area (Å²) in [5.74, 6) is 0.471. The van der Waals surface area contributed by atoms with Gasteiger partial charge in [0.15, 0.2) is 6.10 Å². The Bertz CT molecular complexity index is 883. The second-order valence-electron chi connectivity index (χ2n) is 8.00. The van der Waals surface area contributed by atoms with E-state index in [2.05, 4.69) is 5.32 Å². The number of benzene rings is 2. The first-order chi connectivity index (χ1) is 12.7. The number of carbonyl (C=O) groups excluding carboxylic acids is 2. The van der Waals surface area contributed by atoms with Gasteiger partial charge in [0.25, 0.3) is 5.91 Å². The molecule has 2 amide bonds. The lowest BCUT2D eigenvalue weighted by atomic mass is 9.95. The summed E-state index contributed by atoms with van der Waals surface area (Å²) in [7, 11) is 0. The second kappa shape index (κ2) is 7.06. The van der Waals surface area contributed by atoms with Crippen molar-refractivity contribution in [2.24, 2.45) is 5.41 Å². The largest absolute Gasteiger partial charge is 0.479 e. The molecule has 0 radical (unpaired) electrons. The number of hydrogen-bond acceptors (Lipinski definition) is 3. The Morgan fingerprint density at radius 1 is 1.19 bits per heavy atom. The first kappa shape index (κ1) is 19.0. The van der Waals surface area contributed by atoms with Crippen LogP contribution in [0, 0.1) is 12.3 Å². The van der Waals surface area contributed by atoms with Crippen LogP contribution in [0.25, 0.3) is 0 Å². The molecule has 0 saturated carbocycles. The highest BCUT2D eigenvalue weighted by molar-refractivity contribution is 6.01. The van der Waals surface area contributed by atoms with Crippen molar-refractivity contribution in [2.75, 3.05) is 10.2 Å². The average Bonchev–Trinajstić information content (AvgIpc) is 2.60. The summed E-state index contributed by atoms with van der Waals surface area (Å²) in [6.07, 6.45) is -0.545. The molecule has 0 spiro atoms. The zero-order valence-electron chi connectivity index (χ0n) is 16.5. The number of fused-ring (bicyclic) bond motifs is 1. The zero-order chi connectivity index (χ0) is 19.8. The van der Waals surface area contributed by atoms with Gasteiger partial charge < -0.3 is 15.0 Å². The Labute approximate surface area is 160 Å². The Hall–Kier alpha value is -2.82. The predicted molar refractivity (Wildman–Crippen MR) is 107 cm³/mol. The second-order valence-corrected chi connectivity index (χ2v) is 8.00. The van der Waals surface area contributed by atoms with Gasteiger partial charge in [-0.3, -0.25) is 9.59 Å². The number of amides is 2. The smallest absolute Gasteiger partial charge is 0.268 e. The third-order valence-electron chi connectivity index (χ3n) is 4.70. The molecule has 0 fully saturated rings. The van der Waals surface area contributed by atoms with E-state index in [0.717, 1.165) is 11.1 Å². The molecule has 0 aliphatic carbocycles. The van der Waals surface area contributed by atoms with Crippen molar-refractivity contribution < 1.29 is 14.3 Å². The molecular weight excluding hydrogens is 340 g/mol. The lowest BCUT2D eigenvalue weighted by Crippen LogP contribution is -2.44. The van der Waals surface area contributed by atoms with Crippen molar-refractivity contribution in [3.63, 3.8) is 0 Å². The van der Waals surface area contributed by atoms with Crippen molar-refractivity contribution in [1.82, 2.24) is 0 Å². The molecule has 27 heavy (non-hydrogen) atoms. The van der Waals surface area contributed by atoms with Crippen LogP contribution in [0.2, 0.25) is 0 Å². The zero-order valence-corrected chi connectivity index (χ0v) is 16.5. The third-order valence-corrected chi connectivity index (χ3v) is 4.70. The fraction of sp³-hybridized carbons (Fsp3) is 0.364. The summed E-state index contributed by atoms with van der Waals surface area (Å²) in [5.41, 5.74) is 3.03. The maximum absolute atomic E-state index is 12.8. The highest BCUT2D eigenvalue weighted by Gasteiger charge is 2.32. The Kier molecular flexibility index (Phi) is 4.96. The number of nitrogens with one attached hydrogen (secondary N) is 1. The Morgan fingerprint density at radius 2 is 1.89 bits per heavy atom.